The first kappa shape index (κ1) is 19.9. The van der Waals surface area contributed by atoms with Crippen LogP contribution in [0.3, 0.4) is 0 Å². The lowest BCUT2D eigenvalue weighted by Gasteiger charge is -2.18. The predicted octanol–water partition coefficient (Wildman–Crippen LogP) is -0.678. The lowest BCUT2D eigenvalue weighted by molar-refractivity contribution is -0.893. The maximum absolute atomic E-state index is 12.9. The van der Waals surface area contributed by atoms with E-state index in [0.29, 0.717) is 19.0 Å². The number of benzene rings is 2. The monoisotopic (exact) mass is 403 g/mol. The summed E-state index contributed by atoms with van der Waals surface area (Å²) in [5.41, 5.74) is 2.10. The topological polar surface area (TPSA) is 39.3 Å². The highest BCUT2D eigenvalue weighted by Gasteiger charge is 2.26. The Balaban J connectivity index is 0.00000210. The van der Waals surface area contributed by atoms with Crippen LogP contribution in [0.2, 0.25) is 5.02 Å². The summed E-state index contributed by atoms with van der Waals surface area (Å²) in [4.78, 5) is 14.4. The number of likely N-dealkylation sites (N-methyl/N-ethyl adjacent to an activating group) is 1. The van der Waals surface area contributed by atoms with E-state index in [-0.39, 0.29) is 18.0 Å². The van der Waals surface area contributed by atoms with Crippen LogP contribution in [0.25, 0.3) is 10.8 Å². The number of quaternary nitrogens is 1. The van der Waals surface area contributed by atoms with Crippen LogP contribution in [0.1, 0.15) is 24.1 Å². The fourth-order valence-electron chi connectivity index (χ4n) is 3.89. The van der Waals surface area contributed by atoms with Crippen molar-refractivity contribution in [1.29, 1.82) is 0 Å². The molecule has 1 unspecified atom stereocenters. The van der Waals surface area contributed by atoms with E-state index in [1.165, 1.54) is 17.9 Å². The Hall–Kier alpha value is -1.88. The lowest BCUT2D eigenvalue weighted by atomic mass is 10.0. The first-order valence-corrected chi connectivity index (χ1v) is 9.55. The fourth-order valence-corrected chi connectivity index (χ4v) is 4.01. The zero-order chi connectivity index (χ0) is 18.1. The minimum absolute atomic E-state index is 0. The van der Waals surface area contributed by atoms with Crippen molar-refractivity contribution in [3.63, 3.8) is 0 Å². The number of likely N-dealkylation sites (tertiary alicyclic amines) is 1. The van der Waals surface area contributed by atoms with E-state index in [9.17, 15) is 4.79 Å². The normalized spacial score (nSPS) is 19.2. The molecule has 4 nitrogen and oxygen atoms in total. The summed E-state index contributed by atoms with van der Waals surface area (Å²) >= 11 is 6.00. The van der Waals surface area contributed by atoms with Crippen LogP contribution >= 0.6 is 11.6 Å². The van der Waals surface area contributed by atoms with Gasteiger partial charge in [-0.05, 0) is 23.8 Å². The molecule has 0 aliphatic carbocycles. The molecule has 1 aromatic heterocycles. The molecule has 27 heavy (non-hydrogen) atoms. The Morgan fingerprint density at radius 2 is 1.85 bits per heavy atom. The standard InChI is InChI=1S/C21H22ClN3O.ClH/c1-24-12-4-5-17(24)14-25-21(26)19-7-3-2-6-18(19)20(23-25)13-15-8-10-16(22)11-9-15;/h2-3,6-11,17H,4-5,12-14H2,1H3;1H/t17-;/m1./s1. The second-order valence-corrected chi connectivity index (χ2v) is 7.65. The molecule has 2 atom stereocenters. The second kappa shape index (κ2) is 8.42. The van der Waals surface area contributed by atoms with E-state index in [4.69, 9.17) is 16.7 Å². The lowest BCUT2D eigenvalue weighted by Crippen LogP contribution is -3.11. The van der Waals surface area contributed by atoms with Gasteiger partial charge in [0.2, 0.25) is 0 Å². The zero-order valence-corrected chi connectivity index (χ0v) is 16.8. The van der Waals surface area contributed by atoms with Crippen LogP contribution in [0.4, 0.5) is 0 Å². The van der Waals surface area contributed by atoms with E-state index >= 15 is 0 Å². The number of fused-ring (bicyclic) bond motifs is 1. The van der Waals surface area contributed by atoms with Crippen molar-refractivity contribution in [2.24, 2.45) is 0 Å². The second-order valence-electron chi connectivity index (χ2n) is 7.22. The molecule has 1 saturated heterocycles. The van der Waals surface area contributed by atoms with E-state index in [2.05, 4.69) is 7.05 Å². The molecule has 0 amide bonds. The van der Waals surface area contributed by atoms with Crippen LogP contribution < -0.4 is 22.9 Å². The van der Waals surface area contributed by atoms with Gasteiger partial charge in [-0.2, -0.15) is 5.10 Å². The first-order valence-electron chi connectivity index (χ1n) is 9.17. The first-order chi connectivity index (χ1) is 12.6. The van der Waals surface area contributed by atoms with Crippen LogP contribution in [0.15, 0.2) is 53.3 Å². The minimum Gasteiger partial charge on any atom is -1.00 e. The summed E-state index contributed by atoms with van der Waals surface area (Å²) in [6, 6.07) is 16.1. The van der Waals surface area contributed by atoms with Gasteiger partial charge in [0.15, 0.2) is 0 Å². The maximum atomic E-state index is 12.9. The Labute approximate surface area is 170 Å². The molecular weight excluding hydrogens is 381 g/mol. The molecule has 2 heterocycles. The van der Waals surface area contributed by atoms with Crippen molar-refractivity contribution in [2.45, 2.75) is 31.8 Å². The third-order valence-corrected chi connectivity index (χ3v) is 5.69. The van der Waals surface area contributed by atoms with Crippen LogP contribution in [-0.2, 0) is 13.0 Å². The summed E-state index contributed by atoms with van der Waals surface area (Å²) in [5.74, 6) is 0. The molecule has 0 spiro atoms. The zero-order valence-electron chi connectivity index (χ0n) is 15.3. The minimum atomic E-state index is 0. The van der Waals surface area contributed by atoms with Gasteiger partial charge in [0, 0.05) is 29.7 Å². The Morgan fingerprint density at radius 1 is 1.15 bits per heavy atom. The van der Waals surface area contributed by atoms with E-state index in [0.717, 1.165) is 33.5 Å². The van der Waals surface area contributed by atoms with Gasteiger partial charge < -0.3 is 17.3 Å². The SMILES string of the molecule is C[NH+]1CCC[C@@H]1Cn1nc(Cc2ccc(Cl)cc2)c2ccccc2c1=O.[Cl-]. The molecule has 1 aliphatic heterocycles. The molecule has 3 aromatic rings. The molecule has 142 valence electrons. The Morgan fingerprint density at radius 3 is 2.52 bits per heavy atom. The number of aromatic nitrogens is 2. The van der Waals surface area contributed by atoms with Gasteiger partial charge in [0.05, 0.1) is 31.2 Å². The number of halogens is 2. The molecule has 1 N–H and O–H groups in total. The summed E-state index contributed by atoms with van der Waals surface area (Å²) in [6.07, 6.45) is 3.06. The number of nitrogens with zero attached hydrogens (tertiary/aromatic N) is 2. The predicted molar refractivity (Wildman–Crippen MR) is 105 cm³/mol. The largest absolute Gasteiger partial charge is 1.00 e. The summed E-state index contributed by atoms with van der Waals surface area (Å²) < 4.78 is 1.69. The molecule has 0 saturated carbocycles. The van der Waals surface area contributed by atoms with Crippen molar-refractivity contribution >= 4 is 22.4 Å². The van der Waals surface area contributed by atoms with Crippen molar-refractivity contribution in [1.82, 2.24) is 9.78 Å². The molecule has 1 aliphatic rings. The van der Waals surface area contributed by atoms with Gasteiger partial charge in [0.1, 0.15) is 6.04 Å². The molecule has 2 aromatic carbocycles. The van der Waals surface area contributed by atoms with Crippen LogP contribution in [0.5, 0.6) is 0 Å². The highest BCUT2D eigenvalue weighted by molar-refractivity contribution is 6.30. The molecular formula is C21H23Cl2N3O. The average Bonchev–Trinajstić information content (AvgIpc) is 3.05. The van der Waals surface area contributed by atoms with E-state index in [1.54, 1.807) is 4.68 Å². The van der Waals surface area contributed by atoms with Gasteiger partial charge in [-0.25, -0.2) is 4.68 Å². The number of hydrogen-bond acceptors (Lipinski definition) is 2. The smallest absolute Gasteiger partial charge is 0.274 e. The van der Waals surface area contributed by atoms with Crippen LogP contribution in [0, 0.1) is 0 Å². The van der Waals surface area contributed by atoms with Gasteiger partial charge in [-0.3, -0.25) is 4.79 Å². The molecule has 0 bridgehead atoms. The summed E-state index contributed by atoms with van der Waals surface area (Å²) in [7, 11) is 2.21. The van der Waals surface area contributed by atoms with Gasteiger partial charge >= 0.3 is 0 Å². The number of nitrogens with one attached hydrogen (secondary N) is 1. The van der Waals surface area contributed by atoms with Gasteiger partial charge in [-0.1, -0.05) is 41.9 Å². The maximum Gasteiger partial charge on any atom is 0.274 e. The highest BCUT2D eigenvalue weighted by atomic mass is 35.5. The van der Waals surface area contributed by atoms with Gasteiger partial charge in [-0.15, -0.1) is 0 Å². The Kier molecular flexibility index (Phi) is 6.20. The summed E-state index contributed by atoms with van der Waals surface area (Å²) in [5, 5.41) is 7.19. The fraction of sp³-hybridized carbons (Fsp3) is 0.333. The van der Waals surface area contributed by atoms with Gasteiger partial charge in [0.25, 0.3) is 5.56 Å². The average molecular weight is 404 g/mol. The quantitative estimate of drug-likeness (QED) is 0.626. The third kappa shape index (κ3) is 4.18. The van der Waals surface area contributed by atoms with E-state index < -0.39 is 0 Å². The number of hydrogen-bond donors (Lipinski definition) is 1. The summed E-state index contributed by atoms with van der Waals surface area (Å²) in [6.45, 7) is 1.85. The molecule has 4 rings (SSSR count). The third-order valence-electron chi connectivity index (χ3n) is 5.44. The molecule has 0 radical (unpaired) electrons. The van der Waals surface area contributed by atoms with Crippen molar-refractivity contribution < 1.29 is 17.3 Å². The Bertz CT molecular complexity index is 985. The number of rotatable bonds is 4. The van der Waals surface area contributed by atoms with Crippen molar-refractivity contribution in [3.8, 4) is 0 Å². The molecule has 6 heteroatoms. The van der Waals surface area contributed by atoms with Crippen LogP contribution in [-0.4, -0.2) is 29.4 Å². The van der Waals surface area contributed by atoms with Crippen molar-refractivity contribution in [2.75, 3.05) is 13.6 Å². The highest BCUT2D eigenvalue weighted by Crippen LogP contribution is 2.18. The van der Waals surface area contributed by atoms with Crippen molar-refractivity contribution in [3.05, 3.63) is 75.2 Å². The van der Waals surface area contributed by atoms with E-state index in [1.807, 2.05) is 48.5 Å². The molecule has 1 fully saturated rings.